The van der Waals surface area contributed by atoms with Crippen molar-refractivity contribution in [1.29, 1.82) is 0 Å². The monoisotopic (exact) mass is 725 g/mol. The van der Waals surface area contributed by atoms with E-state index in [-0.39, 0.29) is 5.41 Å². The molecule has 0 amide bonds. The van der Waals surface area contributed by atoms with Gasteiger partial charge in [-0.25, -0.2) is 0 Å². The summed E-state index contributed by atoms with van der Waals surface area (Å²) < 4.78 is 0. The van der Waals surface area contributed by atoms with Gasteiger partial charge in [0.05, 0.1) is 0 Å². The lowest BCUT2D eigenvalue weighted by Gasteiger charge is -2.30. The SMILES string of the molecule is CC1(c2ccccc2)c2ccccc2-c2cc(N(c3ccc4ccccc4c3)c3ccc4c(c3)c(-c3ccccc3)c(-c3ccccc3)c3ccccc34)ccc21. The molecule has 0 bridgehead atoms. The van der Waals surface area contributed by atoms with Gasteiger partial charge in [-0.3, -0.25) is 0 Å². The Hall–Kier alpha value is -7.22. The van der Waals surface area contributed by atoms with Crippen LogP contribution in [-0.2, 0) is 5.41 Å². The van der Waals surface area contributed by atoms with E-state index in [4.69, 9.17) is 0 Å². The zero-order valence-electron chi connectivity index (χ0n) is 31.7. The first-order valence-electron chi connectivity index (χ1n) is 19.8. The normalized spacial score (nSPS) is 14.5. The summed E-state index contributed by atoms with van der Waals surface area (Å²) in [5.74, 6) is 0. The van der Waals surface area contributed by atoms with Gasteiger partial charge in [0, 0.05) is 22.5 Å². The van der Waals surface area contributed by atoms with Crippen LogP contribution >= 0.6 is 0 Å². The average molecular weight is 726 g/mol. The largest absolute Gasteiger partial charge is 0.310 e. The van der Waals surface area contributed by atoms with Crippen molar-refractivity contribution in [2.24, 2.45) is 0 Å². The predicted molar refractivity (Wildman–Crippen MR) is 242 cm³/mol. The van der Waals surface area contributed by atoms with Crippen LogP contribution in [0.25, 0.3) is 65.7 Å². The Balaban J connectivity index is 1.20. The lowest BCUT2D eigenvalue weighted by atomic mass is 9.74. The van der Waals surface area contributed by atoms with Crippen LogP contribution in [-0.4, -0.2) is 0 Å². The molecule has 10 aromatic carbocycles. The molecule has 1 aliphatic rings. The minimum absolute atomic E-state index is 0.262. The molecule has 0 radical (unpaired) electrons. The van der Waals surface area contributed by atoms with Gasteiger partial charge in [0.25, 0.3) is 0 Å². The number of benzene rings is 10. The molecule has 1 atom stereocenters. The lowest BCUT2D eigenvalue weighted by Crippen LogP contribution is -2.22. The van der Waals surface area contributed by atoms with Gasteiger partial charge in [-0.15, -0.1) is 0 Å². The van der Waals surface area contributed by atoms with Gasteiger partial charge < -0.3 is 4.90 Å². The summed E-state index contributed by atoms with van der Waals surface area (Å²) in [4.78, 5) is 2.46. The van der Waals surface area contributed by atoms with Crippen molar-refractivity contribution in [3.8, 4) is 33.4 Å². The van der Waals surface area contributed by atoms with E-state index in [1.165, 1.54) is 82.4 Å². The second-order valence-electron chi connectivity index (χ2n) is 15.4. The number of rotatable bonds is 6. The second-order valence-corrected chi connectivity index (χ2v) is 15.4. The molecule has 11 rings (SSSR count). The molecule has 1 nitrogen and oxygen atoms in total. The van der Waals surface area contributed by atoms with Gasteiger partial charge in [0.1, 0.15) is 0 Å². The van der Waals surface area contributed by atoms with Crippen molar-refractivity contribution in [2.45, 2.75) is 12.3 Å². The number of hydrogen-bond acceptors (Lipinski definition) is 1. The summed E-state index contributed by atoms with van der Waals surface area (Å²) in [6, 6.07) is 80.4. The van der Waals surface area contributed by atoms with Crippen LogP contribution in [0, 0.1) is 0 Å². The van der Waals surface area contributed by atoms with Gasteiger partial charge in [0.2, 0.25) is 0 Å². The van der Waals surface area contributed by atoms with Gasteiger partial charge in [-0.2, -0.15) is 0 Å². The predicted octanol–water partition coefficient (Wildman–Crippen LogP) is 15.3. The molecular weight excluding hydrogens is 687 g/mol. The third-order valence-corrected chi connectivity index (χ3v) is 12.3. The zero-order valence-corrected chi connectivity index (χ0v) is 31.7. The maximum absolute atomic E-state index is 2.46. The van der Waals surface area contributed by atoms with E-state index in [0.29, 0.717) is 0 Å². The van der Waals surface area contributed by atoms with E-state index in [9.17, 15) is 0 Å². The minimum Gasteiger partial charge on any atom is -0.310 e. The highest BCUT2D eigenvalue weighted by molar-refractivity contribution is 6.22. The molecule has 10 aromatic rings. The summed E-state index contributed by atoms with van der Waals surface area (Å²) in [6.45, 7) is 2.39. The van der Waals surface area contributed by atoms with Crippen molar-refractivity contribution in [2.75, 3.05) is 4.90 Å². The van der Waals surface area contributed by atoms with Crippen LogP contribution in [0.2, 0.25) is 0 Å². The minimum atomic E-state index is -0.262. The van der Waals surface area contributed by atoms with Crippen LogP contribution in [0.5, 0.6) is 0 Å². The molecule has 1 unspecified atom stereocenters. The topological polar surface area (TPSA) is 3.24 Å². The van der Waals surface area contributed by atoms with E-state index < -0.39 is 0 Å². The van der Waals surface area contributed by atoms with Crippen LogP contribution in [0.4, 0.5) is 17.1 Å². The molecule has 0 saturated carbocycles. The van der Waals surface area contributed by atoms with Crippen molar-refractivity contribution < 1.29 is 0 Å². The van der Waals surface area contributed by atoms with Gasteiger partial charge in [-0.1, -0.05) is 182 Å². The fourth-order valence-corrected chi connectivity index (χ4v) is 9.60. The number of anilines is 3. The first-order chi connectivity index (χ1) is 28.2. The van der Waals surface area contributed by atoms with Crippen LogP contribution in [0.3, 0.4) is 0 Å². The van der Waals surface area contributed by atoms with Crippen molar-refractivity contribution >= 4 is 49.4 Å². The molecule has 268 valence electrons. The molecule has 0 aromatic heterocycles. The molecule has 1 aliphatic carbocycles. The van der Waals surface area contributed by atoms with Crippen molar-refractivity contribution in [1.82, 2.24) is 0 Å². The molecule has 0 fully saturated rings. The fourth-order valence-electron chi connectivity index (χ4n) is 9.60. The molecule has 57 heavy (non-hydrogen) atoms. The Bertz CT molecular complexity index is 3130. The maximum atomic E-state index is 2.46. The quantitative estimate of drug-likeness (QED) is 0.154. The number of fused-ring (bicyclic) bond motifs is 7. The average Bonchev–Trinajstić information content (AvgIpc) is 3.54. The van der Waals surface area contributed by atoms with Crippen LogP contribution in [0.15, 0.2) is 218 Å². The van der Waals surface area contributed by atoms with E-state index in [2.05, 4.69) is 230 Å². The third-order valence-electron chi connectivity index (χ3n) is 12.3. The summed E-state index contributed by atoms with van der Waals surface area (Å²) >= 11 is 0. The smallest absolute Gasteiger partial charge is 0.0468 e. The molecule has 0 N–H and O–H groups in total. The molecule has 1 heteroatoms. The van der Waals surface area contributed by atoms with Crippen LogP contribution in [0.1, 0.15) is 23.6 Å². The van der Waals surface area contributed by atoms with Gasteiger partial charge in [-0.05, 0) is 126 Å². The van der Waals surface area contributed by atoms with Crippen LogP contribution < -0.4 is 4.90 Å². The van der Waals surface area contributed by atoms with Crippen molar-refractivity contribution in [3.05, 3.63) is 235 Å². The summed E-state index contributed by atoms with van der Waals surface area (Å²) in [7, 11) is 0. The molecule has 0 spiro atoms. The Labute approximate surface area is 333 Å². The first kappa shape index (κ1) is 33.1. The van der Waals surface area contributed by atoms with E-state index in [1.807, 2.05) is 0 Å². The second kappa shape index (κ2) is 13.2. The van der Waals surface area contributed by atoms with E-state index in [0.717, 1.165) is 17.1 Å². The first-order valence-corrected chi connectivity index (χ1v) is 19.8. The highest BCUT2D eigenvalue weighted by atomic mass is 15.1. The Morgan fingerprint density at radius 1 is 0.333 bits per heavy atom. The standard InChI is InChI=1S/C56H39N/c1-56(42-23-9-4-10-24-42)52-28-16-15-26-48(52)50-36-45(32-34-53(50)56)57(43-30-29-38-17-11-12-22-41(38)35-43)44-31-33-47-46-25-13-14-27-49(46)54(39-18-5-2-6-19-39)55(51(47)37-44)40-20-7-3-8-21-40/h2-37H,1H3. The number of nitrogens with zero attached hydrogens (tertiary/aromatic N) is 1. The molecule has 0 saturated heterocycles. The number of hydrogen-bond donors (Lipinski definition) is 0. The summed E-state index contributed by atoms with van der Waals surface area (Å²) in [5.41, 5.74) is 14.6. The highest BCUT2D eigenvalue weighted by Crippen LogP contribution is 2.54. The molecule has 0 heterocycles. The van der Waals surface area contributed by atoms with E-state index >= 15 is 0 Å². The maximum Gasteiger partial charge on any atom is 0.0468 e. The van der Waals surface area contributed by atoms with E-state index in [1.54, 1.807) is 0 Å². The zero-order chi connectivity index (χ0) is 37.9. The Kier molecular flexibility index (Phi) is 7.69. The lowest BCUT2D eigenvalue weighted by molar-refractivity contribution is 0.714. The highest BCUT2D eigenvalue weighted by Gasteiger charge is 2.40. The van der Waals surface area contributed by atoms with Gasteiger partial charge >= 0.3 is 0 Å². The fraction of sp³-hybridized carbons (Fsp3) is 0.0357. The third kappa shape index (κ3) is 5.24. The summed E-state index contributed by atoms with van der Waals surface area (Å²) in [5, 5.41) is 7.42. The summed E-state index contributed by atoms with van der Waals surface area (Å²) in [6.07, 6.45) is 0. The molecule has 0 aliphatic heterocycles. The molecular formula is C56H39N. The Morgan fingerprint density at radius 2 is 0.842 bits per heavy atom. The van der Waals surface area contributed by atoms with Gasteiger partial charge in [0.15, 0.2) is 0 Å². The Morgan fingerprint density at radius 3 is 1.60 bits per heavy atom. The van der Waals surface area contributed by atoms with Crippen molar-refractivity contribution in [3.63, 3.8) is 0 Å².